The summed E-state index contributed by atoms with van der Waals surface area (Å²) in [5.74, 6) is -1.29. The monoisotopic (exact) mass is 470 g/mol. The number of unbranched alkanes of at least 4 members (excludes halogenated alkanes) is 1. The summed E-state index contributed by atoms with van der Waals surface area (Å²) in [6, 6.07) is 16.7. The van der Waals surface area contributed by atoms with E-state index in [0.29, 0.717) is 0 Å². The molecule has 2 aromatic carbocycles. The van der Waals surface area contributed by atoms with Gasteiger partial charge in [0.2, 0.25) is 6.29 Å². The molecule has 1 saturated heterocycles. The molecule has 0 spiro atoms. The maximum absolute atomic E-state index is 13.7. The molecule has 2 aromatic rings. The molecule has 0 aliphatic carbocycles. The number of benzene rings is 2. The Balaban J connectivity index is 2.07. The summed E-state index contributed by atoms with van der Waals surface area (Å²) in [4.78, 5) is 25.4. The van der Waals surface area contributed by atoms with Gasteiger partial charge < -0.3 is 24.4 Å². The molecule has 2 unspecified atom stereocenters. The van der Waals surface area contributed by atoms with Gasteiger partial charge in [0, 0.05) is 0 Å². The van der Waals surface area contributed by atoms with Crippen molar-refractivity contribution in [3.05, 3.63) is 71.8 Å². The summed E-state index contributed by atoms with van der Waals surface area (Å²) in [7, 11) is 0. The van der Waals surface area contributed by atoms with E-state index in [1.807, 2.05) is 6.92 Å². The maximum atomic E-state index is 13.7. The lowest BCUT2D eigenvalue weighted by molar-refractivity contribution is -0.293. The van der Waals surface area contributed by atoms with Crippen LogP contribution in [0.1, 0.15) is 50.7 Å². The van der Waals surface area contributed by atoms with E-state index < -0.39 is 23.5 Å². The van der Waals surface area contributed by atoms with Crippen molar-refractivity contribution in [1.29, 1.82) is 0 Å². The molecular weight excluding hydrogens is 436 g/mol. The van der Waals surface area contributed by atoms with Gasteiger partial charge in [0.15, 0.2) is 11.4 Å². The summed E-state index contributed by atoms with van der Waals surface area (Å²) in [5.41, 5.74) is -4.48. The van der Waals surface area contributed by atoms with E-state index in [1.54, 1.807) is 60.7 Å². The molecule has 7 nitrogen and oxygen atoms in total. The maximum Gasteiger partial charge on any atom is 0.347 e. The largest absolute Gasteiger partial charge is 0.463 e. The van der Waals surface area contributed by atoms with Crippen molar-refractivity contribution in [3.8, 4) is 0 Å². The van der Waals surface area contributed by atoms with Crippen molar-refractivity contribution in [3.63, 3.8) is 0 Å². The van der Waals surface area contributed by atoms with E-state index in [4.69, 9.17) is 14.2 Å². The lowest BCUT2D eigenvalue weighted by Crippen LogP contribution is -2.67. The Bertz CT molecular complexity index is 881. The Morgan fingerprint density at radius 1 is 1.00 bits per heavy atom. The van der Waals surface area contributed by atoms with Gasteiger partial charge in [-0.2, -0.15) is 0 Å². The second-order valence-corrected chi connectivity index (χ2v) is 8.72. The van der Waals surface area contributed by atoms with E-state index >= 15 is 0 Å². The number of Topliss-reactive ketones (excluding diaryl/α,β-unsaturated/α-hetero) is 1. The Morgan fingerprint density at radius 2 is 1.53 bits per heavy atom. The van der Waals surface area contributed by atoms with Crippen LogP contribution in [-0.4, -0.2) is 53.7 Å². The average Bonchev–Trinajstić information content (AvgIpc) is 2.89. The molecule has 1 aliphatic rings. The number of ether oxygens (including phenoxy) is 3. The third kappa shape index (κ3) is 5.23. The Labute approximate surface area is 200 Å². The third-order valence-corrected chi connectivity index (χ3v) is 6.37. The molecule has 2 atom stereocenters. The zero-order valence-corrected chi connectivity index (χ0v) is 19.8. The van der Waals surface area contributed by atoms with Crippen LogP contribution in [0.5, 0.6) is 0 Å². The van der Waals surface area contributed by atoms with Crippen molar-refractivity contribution >= 4 is 11.8 Å². The van der Waals surface area contributed by atoms with E-state index in [1.165, 1.54) is 0 Å². The van der Waals surface area contributed by atoms with Crippen LogP contribution in [-0.2, 0) is 29.4 Å². The Kier molecular flexibility index (Phi) is 8.97. The third-order valence-electron chi connectivity index (χ3n) is 6.37. The molecule has 1 aliphatic heterocycles. The lowest BCUT2D eigenvalue weighted by atomic mass is 9.72. The molecule has 0 radical (unpaired) electrons. The molecule has 0 aromatic heterocycles. The number of rotatable bonds is 11. The van der Waals surface area contributed by atoms with Gasteiger partial charge in [-0.25, -0.2) is 4.79 Å². The van der Waals surface area contributed by atoms with E-state index in [9.17, 15) is 19.8 Å². The number of ketones is 1. The number of carbonyl (C=O) groups excluding carboxylic acids is 2. The van der Waals surface area contributed by atoms with Crippen LogP contribution in [0.2, 0.25) is 0 Å². The first-order valence-electron chi connectivity index (χ1n) is 11.9. The number of esters is 1. The smallest absolute Gasteiger partial charge is 0.347 e. The van der Waals surface area contributed by atoms with Crippen LogP contribution in [0, 0.1) is 5.92 Å². The van der Waals surface area contributed by atoms with Crippen LogP contribution in [0.4, 0.5) is 0 Å². The van der Waals surface area contributed by atoms with Crippen molar-refractivity contribution < 1.29 is 34.0 Å². The van der Waals surface area contributed by atoms with Gasteiger partial charge in [0.25, 0.3) is 5.60 Å². The summed E-state index contributed by atoms with van der Waals surface area (Å²) >= 11 is 0. The molecule has 2 N–H and O–H groups in total. The van der Waals surface area contributed by atoms with Crippen molar-refractivity contribution in [1.82, 2.24) is 0 Å². The quantitative estimate of drug-likeness (QED) is 0.486. The summed E-state index contributed by atoms with van der Waals surface area (Å²) < 4.78 is 16.6. The summed E-state index contributed by atoms with van der Waals surface area (Å²) in [6.07, 6.45) is 2.08. The number of hydrogen-bond donors (Lipinski definition) is 2. The molecule has 0 saturated carbocycles. The summed E-state index contributed by atoms with van der Waals surface area (Å²) in [6.45, 7) is 3.49. The molecule has 184 valence electrons. The zero-order chi connectivity index (χ0) is 24.6. The Morgan fingerprint density at radius 3 is 2.00 bits per heavy atom. The molecule has 7 heteroatoms. The SMILES string of the molecule is CCCCC(CC)COC(=O)C(O)(C1OCC(=O)CO1)C(O)(c1ccccc1)c1ccccc1. The summed E-state index contributed by atoms with van der Waals surface area (Å²) in [5, 5.41) is 24.3. The van der Waals surface area contributed by atoms with Crippen molar-refractivity contribution in [2.45, 2.75) is 57.0 Å². The van der Waals surface area contributed by atoms with Crippen molar-refractivity contribution in [2.24, 2.45) is 5.92 Å². The second-order valence-electron chi connectivity index (χ2n) is 8.72. The Hall–Kier alpha value is -2.58. The number of carbonyl (C=O) groups is 2. The first-order valence-corrected chi connectivity index (χ1v) is 11.9. The zero-order valence-electron chi connectivity index (χ0n) is 19.8. The minimum Gasteiger partial charge on any atom is -0.463 e. The highest BCUT2D eigenvalue weighted by atomic mass is 16.7. The standard InChI is InChI=1S/C27H34O7/c1-3-5-12-20(4-2)17-32-24(29)27(31,25-33-18-23(28)19-34-25)26(30,21-13-8-6-9-14-21)22-15-10-7-11-16-22/h6-11,13-16,20,25,30-31H,3-5,12,17-19H2,1-2H3. The van der Waals surface area contributed by atoms with Crippen LogP contribution in [0.15, 0.2) is 60.7 Å². The van der Waals surface area contributed by atoms with Crippen LogP contribution in [0.3, 0.4) is 0 Å². The van der Waals surface area contributed by atoms with E-state index in [-0.39, 0.29) is 42.6 Å². The minimum atomic E-state index is -2.69. The highest BCUT2D eigenvalue weighted by Gasteiger charge is 2.65. The van der Waals surface area contributed by atoms with Gasteiger partial charge in [-0.15, -0.1) is 0 Å². The average molecular weight is 471 g/mol. The molecular formula is C27H34O7. The van der Waals surface area contributed by atoms with E-state index in [0.717, 1.165) is 25.7 Å². The molecule has 1 heterocycles. The van der Waals surface area contributed by atoms with Crippen molar-refractivity contribution in [2.75, 3.05) is 19.8 Å². The predicted octanol–water partition coefficient (Wildman–Crippen LogP) is 3.36. The highest BCUT2D eigenvalue weighted by Crippen LogP contribution is 2.44. The minimum absolute atomic E-state index is 0.0863. The molecule has 34 heavy (non-hydrogen) atoms. The lowest BCUT2D eigenvalue weighted by Gasteiger charge is -2.46. The first-order chi connectivity index (χ1) is 16.4. The van der Waals surface area contributed by atoms with Crippen LogP contribution < -0.4 is 0 Å². The fourth-order valence-corrected chi connectivity index (χ4v) is 4.25. The van der Waals surface area contributed by atoms with Gasteiger partial charge in [0.05, 0.1) is 6.61 Å². The predicted molar refractivity (Wildman–Crippen MR) is 126 cm³/mol. The number of aliphatic hydroxyl groups is 2. The molecule has 0 bridgehead atoms. The molecule has 1 fully saturated rings. The normalized spacial score (nSPS) is 17.7. The molecule has 0 amide bonds. The van der Waals surface area contributed by atoms with Gasteiger partial charge in [-0.3, -0.25) is 4.79 Å². The first kappa shape index (κ1) is 26.0. The fourth-order valence-electron chi connectivity index (χ4n) is 4.25. The van der Waals surface area contributed by atoms with E-state index in [2.05, 4.69) is 6.92 Å². The van der Waals surface area contributed by atoms with Gasteiger partial charge >= 0.3 is 5.97 Å². The highest BCUT2D eigenvalue weighted by molar-refractivity contribution is 5.85. The van der Waals surface area contributed by atoms with Gasteiger partial charge in [0.1, 0.15) is 13.2 Å². The second kappa shape index (κ2) is 11.7. The molecule has 3 rings (SSSR count). The number of hydrogen-bond acceptors (Lipinski definition) is 7. The van der Waals surface area contributed by atoms with Crippen LogP contribution >= 0.6 is 0 Å². The fraction of sp³-hybridized carbons (Fsp3) is 0.481. The van der Waals surface area contributed by atoms with Gasteiger partial charge in [-0.05, 0) is 23.5 Å². The topological polar surface area (TPSA) is 102 Å². The van der Waals surface area contributed by atoms with Crippen LogP contribution in [0.25, 0.3) is 0 Å². The van der Waals surface area contributed by atoms with Gasteiger partial charge in [-0.1, -0.05) is 93.8 Å².